The standard InChI is InChI=1S/C13H14N2O4/c1-18-8-3-4-11(19-2)9(5-8)13-10(6-12(16)17)14-7-15-13/h3-5,7H,6H2,1-2H3,(H,14,15)(H,16,17). The SMILES string of the molecule is COc1ccc(OC)c(-c2nc[nH]c2CC(=O)O)c1. The van der Waals surface area contributed by atoms with Crippen molar-refractivity contribution in [3.05, 3.63) is 30.2 Å². The van der Waals surface area contributed by atoms with Crippen LogP contribution in [0.3, 0.4) is 0 Å². The molecule has 100 valence electrons. The first-order valence-electron chi connectivity index (χ1n) is 5.62. The summed E-state index contributed by atoms with van der Waals surface area (Å²) in [6.45, 7) is 0. The number of nitrogens with one attached hydrogen (secondary N) is 1. The number of hydrogen-bond donors (Lipinski definition) is 2. The summed E-state index contributed by atoms with van der Waals surface area (Å²) >= 11 is 0. The van der Waals surface area contributed by atoms with E-state index in [1.165, 1.54) is 6.33 Å². The Balaban J connectivity index is 2.51. The summed E-state index contributed by atoms with van der Waals surface area (Å²) in [5.74, 6) is 0.340. The van der Waals surface area contributed by atoms with E-state index in [2.05, 4.69) is 9.97 Å². The molecule has 0 spiro atoms. The van der Waals surface area contributed by atoms with Gasteiger partial charge in [0.25, 0.3) is 0 Å². The lowest BCUT2D eigenvalue weighted by Gasteiger charge is -2.09. The van der Waals surface area contributed by atoms with Crippen molar-refractivity contribution in [2.45, 2.75) is 6.42 Å². The molecule has 0 radical (unpaired) electrons. The molecule has 1 aromatic heterocycles. The van der Waals surface area contributed by atoms with Crippen LogP contribution in [0, 0.1) is 0 Å². The number of ether oxygens (including phenoxy) is 2. The Kier molecular flexibility index (Phi) is 3.70. The van der Waals surface area contributed by atoms with E-state index in [4.69, 9.17) is 14.6 Å². The van der Waals surface area contributed by atoms with E-state index in [1.807, 2.05) is 0 Å². The van der Waals surface area contributed by atoms with Crippen molar-refractivity contribution >= 4 is 5.97 Å². The maximum absolute atomic E-state index is 10.8. The maximum atomic E-state index is 10.8. The minimum absolute atomic E-state index is 0.129. The van der Waals surface area contributed by atoms with Crippen molar-refractivity contribution in [1.82, 2.24) is 9.97 Å². The van der Waals surface area contributed by atoms with E-state index in [0.717, 1.165) is 0 Å². The van der Waals surface area contributed by atoms with E-state index < -0.39 is 5.97 Å². The van der Waals surface area contributed by atoms with E-state index >= 15 is 0 Å². The Morgan fingerprint density at radius 1 is 1.37 bits per heavy atom. The van der Waals surface area contributed by atoms with Gasteiger partial charge in [-0.1, -0.05) is 0 Å². The van der Waals surface area contributed by atoms with Gasteiger partial charge in [-0.25, -0.2) is 4.98 Å². The minimum Gasteiger partial charge on any atom is -0.497 e. The fourth-order valence-electron chi connectivity index (χ4n) is 1.84. The number of methoxy groups -OCH3 is 2. The Morgan fingerprint density at radius 2 is 2.16 bits per heavy atom. The molecular weight excluding hydrogens is 248 g/mol. The summed E-state index contributed by atoms with van der Waals surface area (Å²) in [5, 5.41) is 8.88. The first kappa shape index (κ1) is 12.9. The van der Waals surface area contributed by atoms with Crippen LogP contribution in [-0.4, -0.2) is 35.3 Å². The lowest BCUT2D eigenvalue weighted by molar-refractivity contribution is -0.136. The van der Waals surface area contributed by atoms with Crippen molar-refractivity contribution in [1.29, 1.82) is 0 Å². The molecular formula is C13H14N2O4. The fraction of sp³-hybridized carbons (Fsp3) is 0.231. The van der Waals surface area contributed by atoms with Gasteiger partial charge in [0.15, 0.2) is 0 Å². The van der Waals surface area contributed by atoms with Crippen LogP contribution in [0.2, 0.25) is 0 Å². The van der Waals surface area contributed by atoms with Crippen molar-refractivity contribution in [3.63, 3.8) is 0 Å². The molecule has 0 saturated heterocycles. The van der Waals surface area contributed by atoms with Crippen molar-refractivity contribution < 1.29 is 19.4 Å². The quantitative estimate of drug-likeness (QED) is 0.857. The van der Waals surface area contributed by atoms with Crippen molar-refractivity contribution in [2.75, 3.05) is 14.2 Å². The third-order valence-corrected chi connectivity index (χ3v) is 2.71. The highest BCUT2D eigenvalue weighted by Crippen LogP contribution is 2.33. The number of aromatic amines is 1. The number of imidazole rings is 1. The van der Waals surface area contributed by atoms with Crippen LogP contribution in [0.25, 0.3) is 11.3 Å². The molecule has 0 fully saturated rings. The number of hydrogen-bond acceptors (Lipinski definition) is 4. The van der Waals surface area contributed by atoms with Crippen LogP contribution in [0.4, 0.5) is 0 Å². The number of nitrogens with zero attached hydrogens (tertiary/aromatic N) is 1. The van der Waals surface area contributed by atoms with E-state index in [9.17, 15) is 4.79 Å². The topological polar surface area (TPSA) is 84.4 Å². The molecule has 0 unspecified atom stereocenters. The second-order valence-electron chi connectivity index (χ2n) is 3.87. The highest BCUT2D eigenvalue weighted by Gasteiger charge is 2.16. The molecule has 19 heavy (non-hydrogen) atoms. The summed E-state index contributed by atoms with van der Waals surface area (Å²) in [6, 6.07) is 5.29. The molecule has 2 aromatic rings. The van der Waals surface area contributed by atoms with Gasteiger partial charge in [-0.05, 0) is 18.2 Å². The molecule has 6 heteroatoms. The highest BCUT2D eigenvalue weighted by atomic mass is 16.5. The monoisotopic (exact) mass is 262 g/mol. The molecule has 2 rings (SSSR count). The molecule has 2 N–H and O–H groups in total. The van der Waals surface area contributed by atoms with Gasteiger partial charge in [0.2, 0.25) is 0 Å². The summed E-state index contributed by atoms with van der Waals surface area (Å²) in [4.78, 5) is 17.8. The van der Waals surface area contributed by atoms with Crippen LogP contribution in [0.15, 0.2) is 24.5 Å². The second-order valence-corrected chi connectivity index (χ2v) is 3.87. The molecule has 1 aromatic carbocycles. The number of benzene rings is 1. The van der Waals surface area contributed by atoms with Crippen LogP contribution in [0.1, 0.15) is 5.69 Å². The molecule has 0 saturated carbocycles. The lowest BCUT2D eigenvalue weighted by Crippen LogP contribution is -2.02. The van der Waals surface area contributed by atoms with Gasteiger partial charge in [0.1, 0.15) is 11.5 Å². The number of rotatable bonds is 5. The first-order chi connectivity index (χ1) is 9.15. The summed E-state index contributed by atoms with van der Waals surface area (Å²) in [6.07, 6.45) is 1.34. The predicted molar refractivity (Wildman–Crippen MR) is 68.5 cm³/mol. The zero-order valence-corrected chi connectivity index (χ0v) is 10.6. The Bertz CT molecular complexity index is 592. The summed E-state index contributed by atoms with van der Waals surface area (Å²) in [5.41, 5.74) is 1.77. The number of aromatic nitrogens is 2. The molecule has 0 aliphatic carbocycles. The average molecular weight is 262 g/mol. The van der Waals surface area contributed by atoms with Crippen molar-refractivity contribution in [2.24, 2.45) is 0 Å². The maximum Gasteiger partial charge on any atom is 0.309 e. The Hall–Kier alpha value is -2.50. The minimum atomic E-state index is -0.924. The fourth-order valence-corrected chi connectivity index (χ4v) is 1.84. The van der Waals surface area contributed by atoms with E-state index in [-0.39, 0.29) is 6.42 Å². The van der Waals surface area contributed by atoms with Crippen LogP contribution < -0.4 is 9.47 Å². The normalized spacial score (nSPS) is 10.2. The van der Waals surface area contributed by atoms with E-state index in [1.54, 1.807) is 32.4 Å². The summed E-state index contributed by atoms with van der Waals surface area (Å²) in [7, 11) is 3.11. The van der Waals surface area contributed by atoms with Crippen LogP contribution >= 0.6 is 0 Å². The van der Waals surface area contributed by atoms with Gasteiger partial charge in [-0.3, -0.25) is 4.79 Å². The van der Waals surface area contributed by atoms with Gasteiger partial charge < -0.3 is 19.6 Å². The van der Waals surface area contributed by atoms with Crippen LogP contribution in [-0.2, 0) is 11.2 Å². The molecule has 0 amide bonds. The third kappa shape index (κ3) is 2.67. The molecule has 0 aliphatic rings. The predicted octanol–water partition coefficient (Wildman–Crippen LogP) is 1.72. The number of H-pyrrole nitrogens is 1. The number of aliphatic carboxylic acids is 1. The zero-order valence-electron chi connectivity index (χ0n) is 10.6. The molecule has 0 bridgehead atoms. The average Bonchev–Trinajstić information content (AvgIpc) is 2.85. The Morgan fingerprint density at radius 3 is 2.79 bits per heavy atom. The molecule has 6 nitrogen and oxygen atoms in total. The second kappa shape index (κ2) is 5.43. The zero-order chi connectivity index (χ0) is 13.8. The smallest absolute Gasteiger partial charge is 0.309 e. The lowest BCUT2D eigenvalue weighted by atomic mass is 10.1. The number of carboxylic acid groups (broad SMARTS) is 1. The van der Waals surface area contributed by atoms with Gasteiger partial charge in [0.05, 0.1) is 38.4 Å². The summed E-state index contributed by atoms with van der Waals surface area (Å²) < 4.78 is 10.4. The van der Waals surface area contributed by atoms with Gasteiger partial charge in [0, 0.05) is 5.56 Å². The third-order valence-electron chi connectivity index (χ3n) is 2.71. The highest BCUT2D eigenvalue weighted by molar-refractivity contribution is 5.76. The first-order valence-corrected chi connectivity index (χ1v) is 5.62. The van der Waals surface area contributed by atoms with Gasteiger partial charge in [-0.15, -0.1) is 0 Å². The number of carbonyl (C=O) groups is 1. The van der Waals surface area contributed by atoms with Crippen LogP contribution in [0.5, 0.6) is 11.5 Å². The Labute approximate surface area is 110 Å². The van der Waals surface area contributed by atoms with Gasteiger partial charge >= 0.3 is 5.97 Å². The molecule has 1 heterocycles. The van der Waals surface area contributed by atoms with E-state index in [0.29, 0.717) is 28.5 Å². The largest absolute Gasteiger partial charge is 0.497 e. The molecule has 0 aliphatic heterocycles. The van der Waals surface area contributed by atoms with Gasteiger partial charge in [-0.2, -0.15) is 0 Å². The van der Waals surface area contributed by atoms with Crippen molar-refractivity contribution in [3.8, 4) is 22.8 Å². The number of carboxylic acids is 1. The molecule has 0 atom stereocenters.